The normalized spacial score (nSPS) is 23.6. The standard InChI is InChI=1S/C15H19ClN2O5S2/c16-13-4-3-11(15(19)17-12-5-8-24(20,21)10-12)9-14(13)25(22,23)18-6-1-2-7-18/h3-4,9,12H,1-2,5-8,10H2,(H,17,19). The zero-order valence-electron chi connectivity index (χ0n) is 13.4. The number of halogens is 1. The van der Waals surface area contributed by atoms with Crippen LogP contribution in [0.1, 0.15) is 29.6 Å². The van der Waals surface area contributed by atoms with Gasteiger partial charge < -0.3 is 5.32 Å². The topological polar surface area (TPSA) is 101 Å². The molecule has 1 N–H and O–H groups in total. The smallest absolute Gasteiger partial charge is 0.251 e. The molecule has 138 valence electrons. The van der Waals surface area contributed by atoms with E-state index < -0.39 is 31.8 Å². The van der Waals surface area contributed by atoms with Crippen molar-refractivity contribution in [1.82, 2.24) is 9.62 Å². The van der Waals surface area contributed by atoms with Crippen molar-refractivity contribution in [3.63, 3.8) is 0 Å². The number of carbonyl (C=O) groups is 1. The Bertz CT molecular complexity index is 892. The Morgan fingerprint density at radius 2 is 1.92 bits per heavy atom. The first-order chi connectivity index (χ1) is 11.7. The third-order valence-electron chi connectivity index (χ3n) is 4.44. The number of hydrogen-bond donors (Lipinski definition) is 1. The maximum absolute atomic E-state index is 12.7. The van der Waals surface area contributed by atoms with Gasteiger partial charge in [-0.05, 0) is 37.5 Å². The Labute approximate surface area is 152 Å². The maximum Gasteiger partial charge on any atom is 0.251 e. The van der Waals surface area contributed by atoms with Crippen molar-refractivity contribution in [3.05, 3.63) is 28.8 Å². The van der Waals surface area contributed by atoms with E-state index in [-0.39, 0.29) is 27.0 Å². The Kier molecular flexibility index (Phi) is 5.11. The average molecular weight is 407 g/mol. The molecule has 0 spiro atoms. The number of nitrogens with one attached hydrogen (secondary N) is 1. The number of hydrogen-bond acceptors (Lipinski definition) is 5. The van der Waals surface area contributed by atoms with Gasteiger partial charge in [0.25, 0.3) is 5.91 Å². The summed E-state index contributed by atoms with van der Waals surface area (Å²) in [6, 6.07) is 3.62. The number of sulfone groups is 1. The molecule has 0 bridgehead atoms. The van der Waals surface area contributed by atoms with E-state index in [4.69, 9.17) is 11.6 Å². The van der Waals surface area contributed by atoms with Gasteiger partial charge in [0, 0.05) is 24.7 Å². The molecule has 7 nitrogen and oxygen atoms in total. The van der Waals surface area contributed by atoms with E-state index in [1.165, 1.54) is 22.5 Å². The molecule has 2 saturated heterocycles. The molecule has 0 aromatic heterocycles. The molecule has 2 aliphatic rings. The lowest BCUT2D eigenvalue weighted by atomic mass is 10.2. The minimum absolute atomic E-state index is 0.0488. The van der Waals surface area contributed by atoms with Crippen molar-refractivity contribution < 1.29 is 21.6 Å². The van der Waals surface area contributed by atoms with E-state index in [9.17, 15) is 21.6 Å². The van der Waals surface area contributed by atoms with Gasteiger partial charge >= 0.3 is 0 Å². The van der Waals surface area contributed by atoms with Crippen molar-refractivity contribution in [3.8, 4) is 0 Å². The monoisotopic (exact) mass is 406 g/mol. The molecule has 2 heterocycles. The number of benzene rings is 1. The highest BCUT2D eigenvalue weighted by Crippen LogP contribution is 2.28. The molecule has 1 unspecified atom stereocenters. The molecule has 1 atom stereocenters. The molecule has 2 fully saturated rings. The molecule has 1 aromatic carbocycles. The SMILES string of the molecule is O=C(NC1CCS(=O)(=O)C1)c1ccc(Cl)c(S(=O)(=O)N2CCCC2)c1. The van der Waals surface area contributed by atoms with Gasteiger partial charge in [-0.25, -0.2) is 16.8 Å². The van der Waals surface area contributed by atoms with E-state index >= 15 is 0 Å². The molecule has 1 amide bonds. The number of nitrogens with zero attached hydrogens (tertiary/aromatic N) is 1. The fourth-order valence-electron chi connectivity index (χ4n) is 3.09. The van der Waals surface area contributed by atoms with Crippen LogP contribution >= 0.6 is 11.6 Å². The number of rotatable bonds is 4. The van der Waals surface area contributed by atoms with Crippen LogP contribution in [0.5, 0.6) is 0 Å². The lowest BCUT2D eigenvalue weighted by Crippen LogP contribution is -2.35. The molecular weight excluding hydrogens is 388 g/mol. The van der Waals surface area contributed by atoms with Gasteiger partial charge in [0.2, 0.25) is 10.0 Å². The van der Waals surface area contributed by atoms with Gasteiger partial charge in [0.15, 0.2) is 9.84 Å². The van der Waals surface area contributed by atoms with E-state index in [1.807, 2.05) is 0 Å². The molecule has 3 rings (SSSR count). The summed E-state index contributed by atoms with van der Waals surface area (Å²) in [4.78, 5) is 12.3. The third kappa shape index (κ3) is 3.99. The number of carbonyl (C=O) groups excluding carboxylic acids is 1. The van der Waals surface area contributed by atoms with Gasteiger partial charge in [-0.1, -0.05) is 11.6 Å². The van der Waals surface area contributed by atoms with Crippen LogP contribution in [-0.4, -0.2) is 57.7 Å². The zero-order chi connectivity index (χ0) is 18.2. The van der Waals surface area contributed by atoms with Crippen LogP contribution in [-0.2, 0) is 19.9 Å². The number of amides is 1. The average Bonchev–Trinajstić information content (AvgIpc) is 3.17. The molecule has 2 aliphatic heterocycles. The van der Waals surface area contributed by atoms with Gasteiger partial charge in [0.05, 0.1) is 16.5 Å². The zero-order valence-corrected chi connectivity index (χ0v) is 15.8. The Morgan fingerprint density at radius 1 is 1.24 bits per heavy atom. The van der Waals surface area contributed by atoms with Gasteiger partial charge in [0.1, 0.15) is 4.90 Å². The van der Waals surface area contributed by atoms with Crippen molar-refractivity contribution >= 4 is 37.4 Å². The lowest BCUT2D eigenvalue weighted by molar-refractivity contribution is 0.0941. The molecule has 25 heavy (non-hydrogen) atoms. The third-order valence-corrected chi connectivity index (χ3v) is 8.59. The van der Waals surface area contributed by atoms with E-state index in [0.29, 0.717) is 19.5 Å². The summed E-state index contributed by atoms with van der Waals surface area (Å²) in [5, 5.41) is 2.71. The summed E-state index contributed by atoms with van der Waals surface area (Å²) in [6.07, 6.45) is 1.96. The summed E-state index contributed by atoms with van der Waals surface area (Å²) in [5.41, 5.74) is 0.145. The van der Waals surface area contributed by atoms with Crippen molar-refractivity contribution in [2.45, 2.75) is 30.2 Å². The van der Waals surface area contributed by atoms with Crippen molar-refractivity contribution in [2.24, 2.45) is 0 Å². The predicted molar refractivity (Wildman–Crippen MR) is 94.0 cm³/mol. The summed E-state index contributed by atoms with van der Waals surface area (Å²) < 4.78 is 49.7. The molecule has 0 aliphatic carbocycles. The largest absolute Gasteiger partial charge is 0.348 e. The van der Waals surface area contributed by atoms with E-state index in [2.05, 4.69) is 5.32 Å². The summed E-state index contributed by atoms with van der Waals surface area (Å²) in [7, 11) is -6.86. The van der Waals surface area contributed by atoms with Gasteiger partial charge in [-0.3, -0.25) is 4.79 Å². The summed E-state index contributed by atoms with van der Waals surface area (Å²) >= 11 is 6.05. The Morgan fingerprint density at radius 3 is 2.52 bits per heavy atom. The Balaban J connectivity index is 1.83. The molecule has 10 heteroatoms. The quantitative estimate of drug-likeness (QED) is 0.805. The summed E-state index contributed by atoms with van der Waals surface area (Å²) in [6.45, 7) is 0.879. The van der Waals surface area contributed by atoms with Crippen LogP contribution in [0, 0.1) is 0 Å². The Hall–Kier alpha value is -1.16. The van der Waals surface area contributed by atoms with Gasteiger partial charge in [-0.15, -0.1) is 0 Å². The van der Waals surface area contributed by atoms with Crippen LogP contribution in [0.4, 0.5) is 0 Å². The van der Waals surface area contributed by atoms with Gasteiger partial charge in [-0.2, -0.15) is 4.31 Å². The number of sulfonamides is 1. The first-order valence-electron chi connectivity index (χ1n) is 8.00. The van der Waals surface area contributed by atoms with Crippen molar-refractivity contribution in [2.75, 3.05) is 24.6 Å². The highest BCUT2D eigenvalue weighted by molar-refractivity contribution is 7.91. The van der Waals surface area contributed by atoms with Crippen molar-refractivity contribution in [1.29, 1.82) is 0 Å². The minimum Gasteiger partial charge on any atom is -0.348 e. The van der Waals surface area contributed by atoms with Crippen LogP contribution in [0.25, 0.3) is 0 Å². The molecule has 1 aromatic rings. The molecule has 0 saturated carbocycles. The fourth-order valence-corrected chi connectivity index (χ4v) is 6.78. The van der Waals surface area contributed by atoms with E-state index in [1.54, 1.807) is 0 Å². The van der Waals surface area contributed by atoms with Crippen LogP contribution in [0.15, 0.2) is 23.1 Å². The second kappa shape index (κ2) is 6.86. The van der Waals surface area contributed by atoms with Crippen LogP contribution in [0.3, 0.4) is 0 Å². The first kappa shape index (κ1) is 18.6. The highest BCUT2D eigenvalue weighted by Gasteiger charge is 2.31. The fraction of sp³-hybridized carbons (Fsp3) is 0.533. The second-order valence-corrected chi connectivity index (χ2v) is 10.9. The van der Waals surface area contributed by atoms with E-state index in [0.717, 1.165) is 12.8 Å². The summed E-state index contributed by atoms with van der Waals surface area (Å²) in [5.74, 6) is -0.546. The highest BCUT2D eigenvalue weighted by atomic mass is 35.5. The van der Waals surface area contributed by atoms with Crippen LogP contribution in [0.2, 0.25) is 5.02 Å². The molecular formula is C15H19ClN2O5S2. The first-order valence-corrected chi connectivity index (χ1v) is 11.6. The lowest BCUT2D eigenvalue weighted by Gasteiger charge is -2.17. The maximum atomic E-state index is 12.7. The predicted octanol–water partition coefficient (Wildman–Crippen LogP) is 1.04. The second-order valence-electron chi connectivity index (χ2n) is 6.33. The minimum atomic E-state index is -3.75. The van der Waals surface area contributed by atoms with Crippen LogP contribution < -0.4 is 5.32 Å². The molecule has 0 radical (unpaired) electrons.